The van der Waals surface area contributed by atoms with Crippen molar-refractivity contribution in [1.82, 2.24) is 10.2 Å². The highest BCUT2D eigenvalue weighted by molar-refractivity contribution is 6.33. The van der Waals surface area contributed by atoms with Gasteiger partial charge in [0, 0.05) is 5.69 Å². The summed E-state index contributed by atoms with van der Waals surface area (Å²) in [6.07, 6.45) is 0. The highest BCUT2D eigenvalue weighted by Crippen LogP contribution is 2.22. The maximum atomic E-state index is 12.0. The number of carbonyl (C=O) groups is 3. The molecule has 1 saturated heterocycles. The molecule has 0 aromatic heterocycles. The lowest BCUT2D eigenvalue weighted by Crippen LogP contribution is -2.58. The van der Waals surface area contributed by atoms with Crippen LogP contribution < -0.4 is 16.4 Å². The minimum absolute atomic E-state index is 0.00306. The zero-order valence-electron chi connectivity index (χ0n) is 11.4. The second kappa shape index (κ2) is 6.11. The molecule has 0 saturated carbocycles. The Balaban J connectivity index is 1.99. The Kier molecular flexibility index (Phi) is 4.44. The molecule has 8 heteroatoms. The highest BCUT2D eigenvalue weighted by atomic mass is 35.5. The number of imide groups is 1. The monoisotopic (exact) mass is 310 g/mol. The molecule has 1 aromatic rings. The molecule has 112 valence electrons. The van der Waals surface area contributed by atoms with E-state index in [1.54, 1.807) is 19.1 Å². The topological polar surface area (TPSA) is 105 Å². The average molecular weight is 311 g/mol. The van der Waals surface area contributed by atoms with Gasteiger partial charge < -0.3 is 11.1 Å². The first-order valence-corrected chi connectivity index (χ1v) is 6.67. The SMILES string of the molecule is CC1C(=O)NC(=O)CN1CC(=O)Nc1ccc(Cl)c(N)c1. The molecule has 21 heavy (non-hydrogen) atoms. The van der Waals surface area contributed by atoms with Gasteiger partial charge in [0.25, 0.3) is 0 Å². The second-order valence-corrected chi connectivity index (χ2v) is 5.19. The van der Waals surface area contributed by atoms with Crippen LogP contribution in [0.4, 0.5) is 11.4 Å². The summed E-state index contributed by atoms with van der Waals surface area (Å²) in [4.78, 5) is 36.3. The summed E-state index contributed by atoms with van der Waals surface area (Å²) in [6.45, 7) is 1.57. The van der Waals surface area contributed by atoms with Crippen molar-refractivity contribution in [1.29, 1.82) is 0 Å². The third kappa shape index (κ3) is 3.71. The zero-order chi connectivity index (χ0) is 15.6. The van der Waals surface area contributed by atoms with E-state index in [0.29, 0.717) is 16.4 Å². The normalized spacial score (nSPS) is 19.2. The number of nitrogens with zero attached hydrogens (tertiary/aromatic N) is 1. The molecule has 1 aromatic carbocycles. The van der Waals surface area contributed by atoms with Gasteiger partial charge in [-0.25, -0.2) is 0 Å². The van der Waals surface area contributed by atoms with Gasteiger partial charge in [-0.15, -0.1) is 0 Å². The highest BCUT2D eigenvalue weighted by Gasteiger charge is 2.31. The molecule has 0 aliphatic carbocycles. The predicted octanol–water partition coefficient (Wildman–Crippen LogP) is 0.208. The van der Waals surface area contributed by atoms with Crippen LogP contribution in [0.2, 0.25) is 5.02 Å². The summed E-state index contributed by atoms with van der Waals surface area (Å²) < 4.78 is 0. The maximum Gasteiger partial charge on any atom is 0.243 e. The maximum absolute atomic E-state index is 12.0. The second-order valence-electron chi connectivity index (χ2n) is 4.78. The van der Waals surface area contributed by atoms with Crippen molar-refractivity contribution >= 4 is 40.7 Å². The number of halogens is 1. The summed E-state index contributed by atoms with van der Waals surface area (Å²) in [5.41, 5.74) is 6.51. The van der Waals surface area contributed by atoms with Gasteiger partial charge >= 0.3 is 0 Å². The quantitative estimate of drug-likeness (QED) is 0.547. The Morgan fingerprint density at radius 1 is 1.52 bits per heavy atom. The van der Waals surface area contributed by atoms with E-state index < -0.39 is 17.9 Å². The lowest BCUT2D eigenvalue weighted by Gasteiger charge is -2.30. The largest absolute Gasteiger partial charge is 0.397 e. The van der Waals surface area contributed by atoms with Crippen molar-refractivity contribution in [2.24, 2.45) is 0 Å². The van der Waals surface area contributed by atoms with Gasteiger partial charge in [0.15, 0.2) is 0 Å². The lowest BCUT2D eigenvalue weighted by molar-refractivity contribution is -0.140. The fourth-order valence-electron chi connectivity index (χ4n) is 1.97. The number of nitrogens with one attached hydrogen (secondary N) is 2. The number of anilines is 2. The summed E-state index contributed by atoms with van der Waals surface area (Å²) in [5.74, 6) is -1.16. The number of amides is 3. The van der Waals surface area contributed by atoms with E-state index >= 15 is 0 Å². The minimum Gasteiger partial charge on any atom is -0.397 e. The first-order valence-electron chi connectivity index (χ1n) is 6.29. The molecule has 0 radical (unpaired) electrons. The number of carbonyl (C=O) groups excluding carboxylic acids is 3. The molecule has 0 bridgehead atoms. The van der Waals surface area contributed by atoms with Crippen LogP contribution in [0.15, 0.2) is 18.2 Å². The van der Waals surface area contributed by atoms with E-state index in [1.165, 1.54) is 11.0 Å². The summed E-state index contributed by atoms with van der Waals surface area (Å²) in [6, 6.07) is 4.20. The first kappa shape index (κ1) is 15.3. The third-order valence-corrected chi connectivity index (χ3v) is 3.51. The van der Waals surface area contributed by atoms with E-state index in [0.717, 1.165) is 0 Å². The van der Waals surface area contributed by atoms with Crippen molar-refractivity contribution in [3.05, 3.63) is 23.2 Å². The Hall–Kier alpha value is -2.12. The molecule has 1 unspecified atom stereocenters. The molecule has 0 spiro atoms. The Labute approximate surface area is 126 Å². The van der Waals surface area contributed by atoms with Crippen molar-refractivity contribution in [2.75, 3.05) is 24.1 Å². The fourth-order valence-corrected chi connectivity index (χ4v) is 2.09. The van der Waals surface area contributed by atoms with Crippen LogP contribution in [0.3, 0.4) is 0 Å². The molecule has 1 fully saturated rings. The number of nitrogens with two attached hydrogens (primary N) is 1. The molecule has 7 nitrogen and oxygen atoms in total. The molecule has 4 N–H and O–H groups in total. The lowest BCUT2D eigenvalue weighted by atomic mass is 10.2. The molecular weight excluding hydrogens is 296 g/mol. The molecular formula is C13H15ClN4O3. The van der Waals surface area contributed by atoms with Crippen LogP contribution in [0.25, 0.3) is 0 Å². The van der Waals surface area contributed by atoms with Gasteiger partial charge in [0.05, 0.1) is 29.8 Å². The van der Waals surface area contributed by atoms with Crippen LogP contribution in [0.5, 0.6) is 0 Å². The van der Waals surface area contributed by atoms with Crippen LogP contribution in [0, 0.1) is 0 Å². The van der Waals surface area contributed by atoms with Gasteiger partial charge in [-0.1, -0.05) is 11.6 Å². The number of nitrogen functional groups attached to an aromatic ring is 1. The van der Waals surface area contributed by atoms with E-state index in [1.807, 2.05) is 0 Å². The van der Waals surface area contributed by atoms with Crippen LogP contribution in [-0.4, -0.2) is 41.8 Å². The van der Waals surface area contributed by atoms with E-state index in [2.05, 4.69) is 10.6 Å². The summed E-state index contributed by atoms with van der Waals surface area (Å²) in [5, 5.41) is 5.26. The zero-order valence-corrected chi connectivity index (χ0v) is 12.1. The van der Waals surface area contributed by atoms with E-state index in [4.69, 9.17) is 17.3 Å². The molecule has 2 rings (SSSR count). The molecule has 1 atom stereocenters. The van der Waals surface area contributed by atoms with Crippen molar-refractivity contribution in [3.8, 4) is 0 Å². The smallest absolute Gasteiger partial charge is 0.243 e. The summed E-state index contributed by atoms with van der Waals surface area (Å²) >= 11 is 5.80. The predicted molar refractivity (Wildman–Crippen MR) is 78.7 cm³/mol. The summed E-state index contributed by atoms with van der Waals surface area (Å²) in [7, 11) is 0. The Morgan fingerprint density at radius 2 is 2.24 bits per heavy atom. The average Bonchev–Trinajstić information content (AvgIpc) is 2.39. The fraction of sp³-hybridized carbons (Fsp3) is 0.308. The molecule has 3 amide bonds. The van der Waals surface area contributed by atoms with Gasteiger partial charge in [-0.3, -0.25) is 24.6 Å². The minimum atomic E-state index is -0.538. The van der Waals surface area contributed by atoms with Crippen molar-refractivity contribution < 1.29 is 14.4 Å². The van der Waals surface area contributed by atoms with Crippen molar-refractivity contribution in [2.45, 2.75) is 13.0 Å². The van der Waals surface area contributed by atoms with Gasteiger partial charge in [-0.05, 0) is 25.1 Å². The number of piperazine rings is 1. The van der Waals surface area contributed by atoms with Gasteiger partial charge in [0.2, 0.25) is 17.7 Å². The van der Waals surface area contributed by atoms with Crippen LogP contribution in [-0.2, 0) is 14.4 Å². The van der Waals surface area contributed by atoms with E-state index in [9.17, 15) is 14.4 Å². The van der Waals surface area contributed by atoms with Crippen LogP contribution >= 0.6 is 11.6 Å². The first-order chi connectivity index (χ1) is 9.86. The molecule has 1 aliphatic rings. The third-order valence-electron chi connectivity index (χ3n) is 3.16. The molecule has 1 heterocycles. The number of benzene rings is 1. The molecule has 1 aliphatic heterocycles. The Morgan fingerprint density at radius 3 is 2.90 bits per heavy atom. The Bertz CT molecular complexity index is 605. The van der Waals surface area contributed by atoms with Crippen molar-refractivity contribution in [3.63, 3.8) is 0 Å². The van der Waals surface area contributed by atoms with Gasteiger partial charge in [-0.2, -0.15) is 0 Å². The number of rotatable bonds is 3. The number of hydrogen-bond acceptors (Lipinski definition) is 5. The van der Waals surface area contributed by atoms with E-state index in [-0.39, 0.29) is 19.0 Å². The number of hydrogen-bond donors (Lipinski definition) is 3. The standard InChI is InChI=1S/C13H15ClN4O3/c1-7-13(21)17-12(20)6-18(7)5-11(19)16-8-2-3-9(14)10(15)4-8/h2-4,7H,5-6,15H2,1H3,(H,16,19)(H,17,20,21). The van der Waals surface area contributed by atoms with Crippen LogP contribution in [0.1, 0.15) is 6.92 Å². The van der Waals surface area contributed by atoms with Gasteiger partial charge in [0.1, 0.15) is 0 Å².